The number of carboxylic acids is 1. The van der Waals surface area contributed by atoms with Crippen LogP contribution in [0, 0.1) is 0 Å². The fourth-order valence-corrected chi connectivity index (χ4v) is 5.46. The van der Waals surface area contributed by atoms with Gasteiger partial charge in [0.25, 0.3) is 0 Å². The molecule has 0 saturated heterocycles. The van der Waals surface area contributed by atoms with Crippen LogP contribution in [0.15, 0.2) is 24.8 Å². The molecule has 45 heavy (non-hydrogen) atoms. The van der Waals surface area contributed by atoms with Crippen LogP contribution in [0.2, 0.25) is 0 Å². The molecule has 1 N–H and O–H groups in total. The first-order chi connectivity index (χ1) is 21.9. The fraction of sp³-hybridized carbons (Fsp3) is 0.825. The lowest BCUT2D eigenvalue weighted by molar-refractivity contribution is -0.138. The zero-order valence-corrected chi connectivity index (χ0v) is 30.0. The number of carbonyl (C=O) groups excluding carboxylic acids is 2. The molecule has 0 aliphatic heterocycles. The van der Waals surface area contributed by atoms with Gasteiger partial charge in [-0.2, -0.15) is 0 Å². The summed E-state index contributed by atoms with van der Waals surface area (Å²) < 4.78 is 4.95. The van der Waals surface area contributed by atoms with E-state index in [-0.39, 0.29) is 17.3 Å². The van der Waals surface area contributed by atoms with Crippen LogP contribution in [0.3, 0.4) is 0 Å². The Balaban J connectivity index is 0. The molecule has 0 unspecified atom stereocenters. The molecule has 0 bridgehead atoms. The largest absolute Gasteiger partial charge is 0.478 e. The van der Waals surface area contributed by atoms with Crippen molar-refractivity contribution in [3.8, 4) is 0 Å². The lowest BCUT2D eigenvalue weighted by Gasteiger charge is -2.04. The van der Waals surface area contributed by atoms with Crippen molar-refractivity contribution in [3.63, 3.8) is 0 Å². The molecule has 5 nitrogen and oxygen atoms in total. The number of Topliss-reactive ketones (excluding diaryl/α,β-unsaturated/α-hetero) is 1. The Morgan fingerprint density at radius 1 is 0.511 bits per heavy atom. The van der Waals surface area contributed by atoms with E-state index < -0.39 is 5.97 Å². The number of ether oxygens (including phenoxy) is 1. The quantitative estimate of drug-likeness (QED) is 0.0250. The molecule has 0 rings (SSSR count). The van der Waals surface area contributed by atoms with Gasteiger partial charge in [0.15, 0.2) is 5.78 Å². The molecule has 0 aliphatic carbocycles. The lowest BCUT2D eigenvalue weighted by Crippen LogP contribution is -2.10. The molecule has 5 heteroatoms. The second-order valence-corrected chi connectivity index (χ2v) is 12.9. The first-order valence-electron chi connectivity index (χ1n) is 19.1. The first kappa shape index (κ1) is 45.2. The number of rotatable bonds is 34. The van der Waals surface area contributed by atoms with E-state index >= 15 is 0 Å². The van der Waals surface area contributed by atoms with Crippen LogP contribution in [-0.2, 0) is 19.1 Å². The van der Waals surface area contributed by atoms with Gasteiger partial charge in [0.2, 0.25) is 0 Å². The van der Waals surface area contributed by atoms with Gasteiger partial charge in [-0.25, -0.2) is 9.59 Å². The summed E-state index contributed by atoms with van der Waals surface area (Å²) in [5.74, 6) is -1.82. The summed E-state index contributed by atoms with van der Waals surface area (Å²) >= 11 is 0. The maximum atomic E-state index is 11.4. The average Bonchev–Trinajstić information content (AvgIpc) is 3.04. The Kier molecular flexibility index (Phi) is 38.5. The third kappa shape index (κ3) is 38.2. The number of unbranched alkanes of at least 4 members (excludes halogenated alkanes) is 27. The van der Waals surface area contributed by atoms with Crippen molar-refractivity contribution < 1.29 is 24.2 Å². The number of carbonyl (C=O) groups is 3. The van der Waals surface area contributed by atoms with Crippen LogP contribution in [0.5, 0.6) is 0 Å². The molecule has 264 valence electrons. The molecule has 0 fully saturated rings. The van der Waals surface area contributed by atoms with Gasteiger partial charge in [0.05, 0.1) is 12.2 Å². The number of esters is 1. The first-order valence-corrected chi connectivity index (χ1v) is 19.1. The van der Waals surface area contributed by atoms with Gasteiger partial charge >= 0.3 is 11.9 Å². The molecule has 0 spiro atoms. The van der Waals surface area contributed by atoms with E-state index in [4.69, 9.17) is 9.84 Å². The zero-order valence-electron chi connectivity index (χ0n) is 30.0. The van der Waals surface area contributed by atoms with Crippen LogP contribution in [-0.4, -0.2) is 29.4 Å². The second kappa shape index (κ2) is 38.3. The standard InChI is InChI=1S/C20H36O3.C20H38O2/c1-3-4-5-6-7-8-9-10-11-12-13-14-15-16-17-19(21)18(2)20(22)23;1-3-5-6-7-8-9-10-11-12-13-14-15-16-17-18-19-22-20(21)4-2/h2-17H2,1H3,(H,22,23);4H,2-3,5-19H2,1H3. The van der Waals surface area contributed by atoms with Gasteiger partial charge in [-0.3, -0.25) is 4.79 Å². The monoisotopic (exact) mass is 635 g/mol. The van der Waals surface area contributed by atoms with Crippen LogP contribution >= 0.6 is 0 Å². The van der Waals surface area contributed by atoms with E-state index in [1.165, 1.54) is 167 Å². The molecule has 0 atom stereocenters. The summed E-state index contributed by atoms with van der Waals surface area (Å²) in [5, 5.41) is 8.65. The van der Waals surface area contributed by atoms with E-state index in [0.717, 1.165) is 25.7 Å². The normalized spacial score (nSPS) is 10.6. The molecule has 0 aliphatic rings. The minimum atomic E-state index is -1.19. The Morgan fingerprint density at radius 2 is 0.800 bits per heavy atom. The minimum Gasteiger partial charge on any atom is -0.478 e. The maximum Gasteiger partial charge on any atom is 0.338 e. The van der Waals surface area contributed by atoms with E-state index in [1.54, 1.807) is 0 Å². The molecule has 0 radical (unpaired) electrons. The Bertz CT molecular complexity index is 699. The molecule has 0 aromatic carbocycles. The zero-order chi connectivity index (χ0) is 33.6. The topological polar surface area (TPSA) is 80.7 Å². The summed E-state index contributed by atoms with van der Waals surface area (Å²) in [6, 6.07) is 0. The molecule has 0 saturated carbocycles. The van der Waals surface area contributed by atoms with Crippen molar-refractivity contribution in [1.82, 2.24) is 0 Å². The van der Waals surface area contributed by atoms with Crippen LogP contribution in [0.25, 0.3) is 0 Å². The summed E-state index contributed by atoms with van der Waals surface area (Å²) in [4.78, 5) is 32.8. The van der Waals surface area contributed by atoms with E-state index in [1.807, 2.05) is 0 Å². The minimum absolute atomic E-state index is 0.278. The lowest BCUT2D eigenvalue weighted by atomic mass is 10.0. The SMILES string of the molecule is C=C(C(=O)O)C(=O)CCCCCCCCCCCCCCCC.C=CC(=O)OCCCCCCCCCCCCCCCCC. The van der Waals surface area contributed by atoms with Crippen molar-refractivity contribution in [2.75, 3.05) is 6.61 Å². The summed E-state index contributed by atoms with van der Waals surface area (Å²) in [5.41, 5.74) is -0.278. The average molecular weight is 635 g/mol. The highest BCUT2D eigenvalue weighted by Crippen LogP contribution is 2.15. The highest BCUT2D eigenvalue weighted by Gasteiger charge is 2.13. The smallest absolute Gasteiger partial charge is 0.338 e. The maximum absolute atomic E-state index is 11.4. The van der Waals surface area contributed by atoms with E-state index in [0.29, 0.717) is 13.0 Å². The van der Waals surface area contributed by atoms with Gasteiger partial charge in [0.1, 0.15) is 0 Å². The van der Waals surface area contributed by atoms with Gasteiger partial charge in [-0.1, -0.05) is 200 Å². The van der Waals surface area contributed by atoms with Gasteiger partial charge < -0.3 is 9.84 Å². The Labute approximate surface area is 279 Å². The number of carboxylic acid groups (broad SMARTS) is 1. The van der Waals surface area contributed by atoms with Crippen molar-refractivity contribution >= 4 is 17.7 Å². The van der Waals surface area contributed by atoms with Crippen LogP contribution in [0.4, 0.5) is 0 Å². The highest BCUT2D eigenvalue weighted by molar-refractivity contribution is 6.15. The summed E-state index contributed by atoms with van der Waals surface area (Å²) in [6.45, 7) is 11.7. The predicted octanol–water partition coefficient (Wildman–Crippen LogP) is 12.7. The van der Waals surface area contributed by atoms with E-state index in [9.17, 15) is 14.4 Å². The Morgan fingerprint density at radius 3 is 1.09 bits per heavy atom. The highest BCUT2D eigenvalue weighted by atomic mass is 16.5. The predicted molar refractivity (Wildman–Crippen MR) is 193 cm³/mol. The fourth-order valence-electron chi connectivity index (χ4n) is 5.46. The molecule has 0 aromatic rings. The summed E-state index contributed by atoms with van der Waals surface area (Å²) in [6.07, 6.45) is 39.6. The number of aliphatic carboxylic acids is 1. The Hall–Kier alpha value is -1.91. The van der Waals surface area contributed by atoms with Crippen molar-refractivity contribution in [2.24, 2.45) is 0 Å². The molecule has 0 amide bonds. The van der Waals surface area contributed by atoms with Crippen molar-refractivity contribution in [1.29, 1.82) is 0 Å². The molecular formula is C40H74O5. The van der Waals surface area contributed by atoms with E-state index in [2.05, 4.69) is 27.0 Å². The van der Waals surface area contributed by atoms with Crippen LogP contribution in [0.1, 0.15) is 206 Å². The molecular weight excluding hydrogens is 560 g/mol. The van der Waals surface area contributed by atoms with Crippen LogP contribution < -0.4 is 0 Å². The van der Waals surface area contributed by atoms with Gasteiger partial charge in [-0.15, -0.1) is 0 Å². The van der Waals surface area contributed by atoms with Crippen molar-refractivity contribution in [3.05, 3.63) is 24.8 Å². The number of ketones is 1. The third-order valence-corrected chi connectivity index (χ3v) is 8.51. The summed E-state index contributed by atoms with van der Waals surface area (Å²) in [7, 11) is 0. The number of hydrogen-bond acceptors (Lipinski definition) is 4. The third-order valence-electron chi connectivity index (χ3n) is 8.51. The number of hydrogen-bond donors (Lipinski definition) is 1. The van der Waals surface area contributed by atoms with Gasteiger partial charge in [-0.05, 0) is 12.8 Å². The molecule has 0 aromatic heterocycles. The molecule has 0 heterocycles. The second-order valence-electron chi connectivity index (χ2n) is 12.9. The van der Waals surface area contributed by atoms with Gasteiger partial charge in [0, 0.05) is 12.5 Å². The van der Waals surface area contributed by atoms with Crippen molar-refractivity contribution in [2.45, 2.75) is 206 Å².